The molecule has 3 rings (SSSR count). The smallest absolute Gasteiger partial charge is 0.335 e. The summed E-state index contributed by atoms with van der Waals surface area (Å²) >= 11 is 0. The summed E-state index contributed by atoms with van der Waals surface area (Å²) in [6.07, 6.45) is 5.13. The van der Waals surface area contributed by atoms with E-state index in [1.807, 2.05) is 0 Å². The molecule has 1 aromatic heterocycles. The molecule has 0 saturated heterocycles. The number of nitrogens with two attached hydrogens (primary N) is 1. The van der Waals surface area contributed by atoms with Gasteiger partial charge in [-0.2, -0.15) is 0 Å². The van der Waals surface area contributed by atoms with Gasteiger partial charge in [0, 0.05) is 18.3 Å². The number of aromatic hydroxyl groups is 1. The summed E-state index contributed by atoms with van der Waals surface area (Å²) in [7, 11) is 1.50. The Hall–Kier alpha value is -2.87. The number of aliphatic imine (C=N–C) groups is 1. The quantitative estimate of drug-likeness (QED) is 0.702. The standard InChI is InChI=1S/C18H22N4O4/c1-26-12-6-4-5-11(9-12)22-17(24)13(16(23)21-18(22)25)10-20-15-8-3-2-7-14(15)19/h4-6,9-10,14-15,24H,2-3,7-8,19H2,1H3,(H,21,23,25). The number of aromatic amines is 1. The number of H-pyrrole nitrogens is 1. The van der Waals surface area contributed by atoms with E-state index in [0.29, 0.717) is 11.4 Å². The van der Waals surface area contributed by atoms with Crippen molar-refractivity contribution in [1.29, 1.82) is 0 Å². The first-order valence-electron chi connectivity index (χ1n) is 8.52. The van der Waals surface area contributed by atoms with Crippen molar-refractivity contribution < 1.29 is 9.84 Å². The van der Waals surface area contributed by atoms with Crippen molar-refractivity contribution >= 4 is 6.21 Å². The van der Waals surface area contributed by atoms with Crippen LogP contribution in [0.1, 0.15) is 31.2 Å². The molecule has 0 aliphatic heterocycles. The summed E-state index contributed by atoms with van der Waals surface area (Å²) < 4.78 is 6.15. The minimum atomic E-state index is -0.743. The van der Waals surface area contributed by atoms with Crippen LogP contribution in [0.25, 0.3) is 5.69 Å². The molecule has 138 valence electrons. The van der Waals surface area contributed by atoms with Crippen LogP contribution in [0, 0.1) is 0 Å². The van der Waals surface area contributed by atoms with Gasteiger partial charge >= 0.3 is 5.69 Å². The van der Waals surface area contributed by atoms with E-state index >= 15 is 0 Å². The van der Waals surface area contributed by atoms with Crippen LogP contribution in [0.2, 0.25) is 0 Å². The number of methoxy groups -OCH3 is 1. The van der Waals surface area contributed by atoms with Crippen LogP contribution >= 0.6 is 0 Å². The van der Waals surface area contributed by atoms with Gasteiger partial charge in [-0.25, -0.2) is 9.36 Å². The zero-order valence-corrected chi connectivity index (χ0v) is 14.5. The summed E-state index contributed by atoms with van der Waals surface area (Å²) in [6.45, 7) is 0. The fourth-order valence-corrected chi connectivity index (χ4v) is 3.14. The molecule has 2 unspecified atom stereocenters. The van der Waals surface area contributed by atoms with E-state index in [4.69, 9.17) is 10.5 Å². The van der Waals surface area contributed by atoms with Crippen molar-refractivity contribution in [2.45, 2.75) is 37.8 Å². The zero-order valence-electron chi connectivity index (χ0n) is 14.5. The van der Waals surface area contributed by atoms with Crippen LogP contribution in [0.15, 0.2) is 38.8 Å². The normalized spacial score (nSPS) is 20.4. The van der Waals surface area contributed by atoms with E-state index in [9.17, 15) is 14.7 Å². The molecular formula is C18H22N4O4. The number of benzene rings is 1. The van der Waals surface area contributed by atoms with Crippen molar-refractivity contribution in [2.24, 2.45) is 10.7 Å². The maximum absolute atomic E-state index is 12.2. The van der Waals surface area contributed by atoms with Crippen molar-refractivity contribution in [3.05, 3.63) is 50.7 Å². The number of rotatable bonds is 4. The minimum Gasteiger partial charge on any atom is -0.497 e. The molecule has 0 radical (unpaired) electrons. The Morgan fingerprint density at radius 3 is 2.85 bits per heavy atom. The second kappa shape index (κ2) is 7.57. The lowest BCUT2D eigenvalue weighted by atomic mass is 9.91. The number of nitrogens with one attached hydrogen (secondary N) is 1. The molecule has 1 fully saturated rings. The summed E-state index contributed by atoms with van der Waals surface area (Å²) in [6, 6.07) is 6.44. The highest BCUT2D eigenvalue weighted by Gasteiger charge is 2.21. The van der Waals surface area contributed by atoms with Crippen molar-refractivity contribution in [3.63, 3.8) is 0 Å². The Morgan fingerprint density at radius 1 is 1.35 bits per heavy atom. The lowest BCUT2D eigenvalue weighted by molar-refractivity contribution is 0.387. The Balaban J connectivity index is 2.04. The third-order valence-corrected chi connectivity index (χ3v) is 4.61. The first kappa shape index (κ1) is 17.9. The first-order chi connectivity index (χ1) is 12.5. The number of hydrogen-bond donors (Lipinski definition) is 3. The molecule has 0 bridgehead atoms. The Bertz CT molecular complexity index is 932. The van der Waals surface area contributed by atoms with Gasteiger partial charge < -0.3 is 15.6 Å². The third kappa shape index (κ3) is 3.55. The van der Waals surface area contributed by atoms with Gasteiger partial charge in [-0.05, 0) is 25.0 Å². The van der Waals surface area contributed by atoms with Gasteiger partial charge in [-0.3, -0.25) is 14.8 Å². The Morgan fingerprint density at radius 2 is 2.12 bits per heavy atom. The minimum absolute atomic E-state index is 0.0643. The molecule has 2 atom stereocenters. The van der Waals surface area contributed by atoms with Gasteiger partial charge in [-0.1, -0.05) is 18.9 Å². The summed E-state index contributed by atoms with van der Waals surface area (Å²) in [4.78, 5) is 31.0. The summed E-state index contributed by atoms with van der Waals surface area (Å²) in [5.41, 5.74) is 4.92. The zero-order chi connectivity index (χ0) is 18.7. The van der Waals surface area contributed by atoms with Crippen molar-refractivity contribution in [1.82, 2.24) is 9.55 Å². The first-order valence-corrected chi connectivity index (χ1v) is 8.52. The molecule has 2 aromatic rings. The average Bonchev–Trinajstić information content (AvgIpc) is 2.63. The Kier molecular flexibility index (Phi) is 5.22. The lowest BCUT2D eigenvalue weighted by Gasteiger charge is -2.24. The van der Waals surface area contributed by atoms with Crippen molar-refractivity contribution in [2.75, 3.05) is 7.11 Å². The van der Waals surface area contributed by atoms with Crippen LogP contribution in [-0.2, 0) is 0 Å². The predicted octanol–water partition coefficient (Wildman–Crippen LogP) is 0.929. The number of ether oxygens (including phenoxy) is 1. The highest BCUT2D eigenvalue weighted by atomic mass is 16.5. The van der Waals surface area contributed by atoms with E-state index in [0.717, 1.165) is 30.3 Å². The summed E-state index contributed by atoms with van der Waals surface area (Å²) in [5, 5.41) is 10.5. The van der Waals surface area contributed by atoms with Crippen LogP contribution < -0.4 is 21.7 Å². The monoisotopic (exact) mass is 358 g/mol. The fraction of sp³-hybridized carbons (Fsp3) is 0.389. The topological polar surface area (TPSA) is 123 Å². The highest BCUT2D eigenvalue weighted by molar-refractivity contribution is 5.82. The second-order valence-corrected chi connectivity index (χ2v) is 6.33. The van der Waals surface area contributed by atoms with Gasteiger partial charge in [-0.15, -0.1) is 0 Å². The van der Waals surface area contributed by atoms with Crippen molar-refractivity contribution in [3.8, 4) is 17.3 Å². The lowest BCUT2D eigenvalue weighted by Crippen LogP contribution is -2.36. The number of hydrogen-bond acceptors (Lipinski definition) is 6. The second-order valence-electron chi connectivity index (χ2n) is 6.33. The molecule has 8 heteroatoms. The van der Waals surface area contributed by atoms with Crippen LogP contribution in [0.5, 0.6) is 11.6 Å². The molecular weight excluding hydrogens is 336 g/mol. The van der Waals surface area contributed by atoms with E-state index in [1.54, 1.807) is 24.3 Å². The van der Waals surface area contributed by atoms with E-state index in [1.165, 1.54) is 13.3 Å². The van der Waals surface area contributed by atoms with E-state index in [2.05, 4.69) is 9.98 Å². The molecule has 8 nitrogen and oxygen atoms in total. The van der Waals surface area contributed by atoms with Crippen LogP contribution in [0.4, 0.5) is 0 Å². The molecule has 1 aliphatic rings. The van der Waals surface area contributed by atoms with Gasteiger partial charge in [0.15, 0.2) is 0 Å². The van der Waals surface area contributed by atoms with E-state index in [-0.39, 0.29) is 17.6 Å². The molecule has 4 N–H and O–H groups in total. The van der Waals surface area contributed by atoms with Gasteiger partial charge in [0.05, 0.1) is 18.8 Å². The Labute approximate surface area is 150 Å². The van der Waals surface area contributed by atoms with Gasteiger partial charge in [0.25, 0.3) is 5.56 Å². The molecule has 0 amide bonds. The number of nitrogens with zero attached hydrogens (tertiary/aromatic N) is 2. The maximum atomic E-state index is 12.2. The number of aromatic nitrogens is 2. The van der Waals surface area contributed by atoms with Gasteiger partial charge in [0.2, 0.25) is 5.88 Å². The average molecular weight is 358 g/mol. The van der Waals surface area contributed by atoms with Gasteiger partial charge in [0.1, 0.15) is 11.3 Å². The largest absolute Gasteiger partial charge is 0.497 e. The SMILES string of the molecule is COc1cccc(-n2c(O)c(C=NC3CCCCC3N)c(=O)[nH]c2=O)c1. The summed E-state index contributed by atoms with van der Waals surface area (Å²) in [5.74, 6) is 0.0449. The predicted molar refractivity (Wildman–Crippen MR) is 98.7 cm³/mol. The highest BCUT2D eigenvalue weighted by Crippen LogP contribution is 2.22. The van der Waals surface area contributed by atoms with E-state index < -0.39 is 17.1 Å². The molecule has 1 heterocycles. The fourth-order valence-electron chi connectivity index (χ4n) is 3.14. The maximum Gasteiger partial charge on any atom is 0.335 e. The molecule has 1 aliphatic carbocycles. The molecule has 26 heavy (non-hydrogen) atoms. The molecule has 1 aromatic carbocycles. The molecule has 0 spiro atoms. The van der Waals surface area contributed by atoms with Crippen LogP contribution in [-0.4, -0.2) is 40.1 Å². The third-order valence-electron chi connectivity index (χ3n) is 4.61. The molecule has 1 saturated carbocycles. The van der Waals surface area contributed by atoms with Crippen LogP contribution in [0.3, 0.4) is 0 Å².